The molecule has 2 aromatic rings. The van der Waals surface area contributed by atoms with Gasteiger partial charge in [0.15, 0.2) is 0 Å². The van der Waals surface area contributed by atoms with Gasteiger partial charge in [-0.15, -0.1) is 0 Å². The lowest BCUT2D eigenvalue weighted by Gasteiger charge is -2.43. The zero-order valence-corrected chi connectivity index (χ0v) is 37.9. The van der Waals surface area contributed by atoms with Crippen LogP contribution in [0.1, 0.15) is 106 Å². The minimum Gasteiger partial charge on any atom is -0.481 e. The number of imide groups is 2. The van der Waals surface area contributed by atoms with Gasteiger partial charge in [-0.25, -0.2) is 13.6 Å². The minimum absolute atomic E-state index is 0.0331. The highest BCUT2D eigenvalue weighted by molar-refractivity contribution is 6.02. The van der Waals surface area contributed by atoms with E-state index in [0.717, 1.165) is 0 Å². The minimum atomic E-state index is -0.930. The molecule has 4 heterocycles. The first-order valence-electron chi connectivity index (χ1n) is 21.8. The number of rotatable bonds is 11. The molecule has 2 unspecified atom stereocenters. The number of nitrogens with two attached hydrogens (primary N) is 1. The number of nitrogens with zero attached hydrogens (tertiary/aromatic N) is 2. The van der Waals surface area contributed by atoms with Crippen molar-refractivity contribution in [1.29, 1.82) is 0 Å². The number of esters is 1. The van der Waals surface area contributed by atoms with Gasteiger partial charge in [-0.05, 0) is 116 Å². The standard InChI is InChI=1S/C27H39FN4O6.C18H23FN4O4/c1-25(2,3)37-22(34)16-27(31-24(36)38-26(4,5)6)11-13-32(14-12-27)20-9-7-17(15-18(20)28)29-19-8-10-21(33)30-23(19)35;19-12-9-11(21-13-2-4-15(24)22-17(13)27)1-3-14(12)23-7-5-18(20,6-8-23)10-16(25)26/h7,9,15,19,29H,8,10-14,16H2,1-6H3,(H,31,36)(H,30,33,35);1,3,9,13,21H,2,4-8,10,20H2,(H,25,26)(H,22,24,27). The Kier molecular flexibility index (Phi) is 15.7. The number of halogens is 2. The fourth-order valence-corrected chi connectivity index (χ4v) is 8.14. The van der Waals surface area contributed by atoms with Crippen LogP contribution < -0.4 is 42.1 Å². The molecular weight excluding hydrogens is 851 g/mol. The summed E-state index contributed by atoms with van der Waals surface area (Å²) in [7, 11) is 0. The molecule has 2 atom stereocenters. The predicted octanol–water partition coefficient (Wildman–Crippen LogP) is 4.45. The van der Waals surface area contributed by atoms with Crippen LogP contribution in [-0.2, 0) is 38.2 Å². The summed E-state index contributed by atoms with van der Waals surface area (Å²) in [6, 6.07) is 8.09. The Bertz CT molecular complexity index is 2090. The lowest BCUT2D eigenvalue weighted by atomic mass is 9.84. The number of anilines is 4. The zero-order chi connectivity index (χ0) is 47.9. The third-order valence-corrected chi connectivity index (χ3v) is 11.4. The van der Waals surface area contributed by atoms with E-state index in [4.69, 9.17) is 20.3 Å². The molecule has 4 fully saturated rings. The van der Waals surface area contributed by atoms with Crippen LogP contribution in [0.5, 0.6) is 0 Å². The monoisotopic (exact) mass is 912 g/mol. The lowest BCUT2D eigenvalue weighted by Crippen LogP contribution is -2.57. The van der Waals surface area contributed by atoms with Crippen molar-refractivity contribution in [3.8, 4) is 0 Å². The van der Waals surface area contributed by atoms with E-state index in [0.29, 0.717) is 87.5 Å². The molecule has 0 bridgehead atoms. The molecule has 0 aromatic heterocycles. The second-order valence-corrected chi connectivity index (χ2v) is 19.2. The molecule has 4 aliphatic heterocycles. The Balaban J connectivity index is 0.000000258. The summed E-state index contributed by atoms with van der Waals surface area (Å²) in [4.78, 5) is 86.3. The van der Waals surface area contributed by atoms with E-state index >= 15 is 4.39 Å². The highest BCUT2D eigenvalue weighted by Gasteiger charge is 2.41. The van der Waals surface area contributed by atoms with Crippen LogP contribution in [0.4, 0.5) is 36.3 Å². The van der Waals surface area contributed by atoms with Gasteiger partial charge in [0.25, 0.3) is 0 Å². The van der Waals surface area contributed by atoms with Gasteiger partial charge in [-0.1, -0.05) is 0 Å². The Morgan fingerprint density at radius 2 is 1.15 bits per heavy atom. The topological polar surface area (TPSA) is 251 Å². The van der Waals surface area contributed by atoms with E-state index in [1.54, 1.807) is 65.8 Å². The van der Waals surface area contributed by atoms with Gasteiger partial charge in [0.05, 0.1) is 29.8 Å². The van der Waals surface area contributed by atoms with Gasteiger partial charge in [0.1, 0.15) is 34.9 Å². The van der Waals surface area contributed by atoms with Gasteiger partial charge in [0, 0.05) is 55.9 Å². The molecular formula is C45H62F2N8O10. The number of hydrogen-bond donors (Lipinski definition) is 7. The maximum absolute atomic E-state index is 15.1. The second kappa shape index (κ2) is 20.4. The normalized spacial score (nSPS) is 20.9. The summed E-state index contributed by atoms with van der Waals surface area (Å²) < 4.78 is 40.7. The van der Waals surface area contributed by atoms with E-state index in [1.165, 1.54) is 12.1 Å². The van der Waals surface area contributed by atoms with Crippen LogP contribution in [0, 0.1) is 11.6 Å². The molecule has 20 heteroatoms. The maximum atomic E-state index is 15.1. The number of hydrogen-bond acceptors (Lipinski definition) is 14. The average molecular weight is 913 g/mol. The molecule has 4 aliphatic rings. The quantitative estimate of drug-likeness (QED) is 0.122. The molecule has 4 saturated heterocycles. The Hall–Kier alpha value is -6.05. The number of nitrogens with one attached hydrogen (secondary N) is 5. The number of amides is 5. The van der Waals surface area contributed by atoms with Gasteiger partial charge in [-0.3, -0.25) is 39.4 Å². The number of carbonyl (C=O) groups is 7. The number of carbonyl (C=O) groups excluding carboxylic acids is 6. The molecule has 2 aromatic carbocycles. The highest BCUT2D eigenvalue weighted by atomic mass is 19.1. The fraction of sp³-hybridized carbons (Fsp3) is 0.578. The third-order valence-electron chi connectivity index (χ3n) is 11.4. The Morgan fingerprint density at radius 1 is 0.723 bits per heavy atom. The van der Waals surface area contributed by atoms with Crippen molar-refractivity contribution in [3.05, 3.63) is 48.0 Å². The highest BCUT2D eigenvalue weighted by Crippen LogP contribution is 2.34. The molecule has 8 N–H and O–H groups in total. The Morgan fingerprint density at radius 3 is 1.54 bits per heavy atom. The smallest absolute Gasteiger partial charge is 0.408 e. The predicted molar refractivity (Wildman–Crippen MR) is 237 cm³/mol. The SMILES string of the molecule is CC(C)(C)OC(=O)CC1(NC(=O)OC(C)(C)C)CCN(c2ccc(NC3CCC(=O)NC3=O)cc2F)CC1.NC1(CC(=O)O)CCN(c2ccc(NC3CCC(=O)NC3=O)cc2F)CC1. The van der Waals surface area contributed by atoms with Gasteiger partial charge in [-0.2, -0.15) is 0 Å². The first-order chi connectivity index (χ1) is 30.3. The van der Waals surface area contributed by atoms with Crippen molar-refractivity contribution in [2.24, 2.45) is 5.73 Å². The van der Waals surface area contributed by atoms with E-state index in [1.807, 2.05) is 9.80 Å². The summed E-state index contributed by atoms with van der Waals surface area (Å²) in [6.07, 6.45) is 2.10. The number of carboxylic acid groups (broad SMARTS) is 1. The molecule has 0 radical (unpaired) electrons. The van der Waals surface area contributed by atoms with Crippen LogP contribution in [-0.4, -0.2) is 107 Å². The van der Waals surface area contributed by atoms with Crippen molar-refractivity contribution >= 4 is 64.4 Å². The molecule has 65 heavy (non-hydrogen) atoms. The summed E-state index contributed by atoms with van der Waals surface area (Å²) in [5.41, 5.74) is 4.78. The average Bonchev–Trinajstić information content (AvgIpc) is 3.16. The number of aliphatic carboxylic acids is 1. The fourth-order valence-electron chi connectivity index (χ4n) is 8.14. The van der Waals surface area contributed by atoms with Gasteiger partial charge in [0.2, 0.25) is 23.6 Å². The summed E-state index contributed by atoms with van der Waals surface area (Å²) >= 11 is 0. The second-order valence-electron chi connectivity index (χ2n) is 19.2. The van der Waals surface area contributed by atoms with Gasteiger partial charge < -0.3 is 46.1 Å². The summed E-state index contributed by atoms with van der Waals surface area (Å²) in [5.74, 6) is -3.73. The van der Waals surface area contributed by atoms with Crippen LogP contribution in [0.2, 0.25) is 0 Å². The molecule has 6 rings (SSSR count). The summed E-state index contributed by atoms with van der Waals surface area (Å²) in [5, 5.41) is 22.3. The molecule has 18 nitrogen and oxygen atoms in total. The van der Waals surface area contributed by atoms with Crippen molar-refractivity contribution in [2.75, 3.05) is 46.6 Å². The van der Waals surface area contributed by atoms with Crippen LogP contribution in [0.15, 0.2) is 36.4 Å². The molecule has 0 aliphatic carbocycles. The van der Waals surface area contributed by atoms with Crippen LogP contribution in [0.3, 0.4) is 0 Å². The van der Waals surface area contributed by atoms with E-state index < -0.39 is 75.8 Å². The van der Waals surface area contributed by atoms with Crippen molar-refractivity contribution in [2.45, 2.75) is 140 Å². The molecule has 356 valence electrons. The number of ether oxygens (including phenoxy) is 2. The number of piperidine rings is 4. The van der Waals surface area contributed by atoms with E-state index in [9.17, 15) is 38.0 Å². The maximum Gasteiger partial charge on any atom is 0.408 e. The molecule has 0 spiro atoms. The largest absolute Gasteiger partial charge is 0.481 e. The summed E-state index contributed by atoms with van der Waals surface area (Å²) in [6.45, 7) is 12.3. The number of benzene rings is 2. The first kappa shape index (κ1) is 50.0. The van der Waals surface area contributed by atoms with Crippen molar-refractivity contribution in [1.82, 2.24) is 16.0 Å². The number of carboxylic acids is 1. The Labute approximate surface area is 377 Å². The first-order valence-corrected chi connectivity index (χ1v) is 21.8. The van der Waals surface area contributed by atoms with Crippen LogP contribution in [0.25, 0.3) is 0 Å². The van der Waals surface area contributed by atoms with Crippen LogP contribution >= 0.6 is 0 Å². The third kappa shape index (κ3) is 14.7. The van der Waals surface area contributed by atoms with E-state index in [2.05, 4.69) is 26.6 Å². The van der Waals surface area contributed by atoms with Gasteiger partial charge >= 0.3 is 18.0 Å². The van der Waals surface area contributed by atoms with Crippen molar-refractivity contribution in [3.63, 3.8) is 0 Å². The lowest BCUT2D eigenvalue weighted by molar-refractivity contribution is -0.157. The van der Waals surface area contributed by atoms with Crippen molar-refractivity contribution < 1.29 is 56.9 Å². The molecule has 0 saturated carbocycles. The van der Waals surface area contributed by atoms with E-state index in [-0.39, 0.29) is 37.5 Å². The zero-order valence-electron chi connectivity index (χ0n) is 37.9. The number of alkyl carbamates (subject to hydrolysis) is 1. The molecule has 5 amide bonds.